The molecular weight excluding hydrogens is 282 g/mol. The summed E-state index contributed by atoms with van der Waals surface area (Å²) in [4.78, 5) is 2.69. The van der Waals surface area contributed by atoms with Crippen LogP contribution in [0, 0.1) is 6.92 Å². The number of nitrogens with zero attached hydrogens (tertiary/aromatic N) is 1. The number of likely N-dealkylation sites (tertiary alicyclic amines) is 1. The van der Waals surface area contributed by atoms with Crippen LogP contribution in [0.5, 0.6) is 5.75 Å². The van der Waals surface area contributed by atoms with E-state index in [1.807, 2.05) is 7.11 Å². The lowest BCUT2D eigenvalue weighted by Gasteiger charge is -2.34. The zero-order chi connectivity index (χ0) is 15.8. The molecule has 0 amide bonds. The van der Waals surface area contributed by atoms with E-state index in [-0.39, 0.29) is 0 Å². The fourth-order valence-corrected chi connectivity index (χ4v) is 4.62. The molecule has 1 saturated heterocycles. The molecule has 1 aliphatic heterocycles. The summed E-state index contributed by atoms with van der Waals surface area (Å²) in [5.41, 5.74) is 5.71. The third-order valence-electron chi connectivity index (χ3n) is 5.68. The minimum atomic E-state index is 0.678. The van der Waals surface area contributed by atoms with Crippen molar-refractivity contribution in [2.24, 2.45) is 0 Å². The molecule has 1 fully saturated rings. The van der Waals surface area contributed by atoms with Crippen LogP contribution in [0.25, 0.3) is 0 Å². The normalized spacial score (nSPS) is 23.4. The van der Waals surface area contributed by atoms with Gasteiger partial charge in [-0.1, -0.05) is 42.5 Å². The number of hydrogen-bond acceptors (Lipinski definition) is 2. The largest absolute Gasteiger partial charge is 0.496 e. The first kappa shape index (κ1) is 14.8. The fraction of sp³-hybridized carbons (Fsp3) is 0.429. The van der Waals surface area contributed by atoms with Gasteiger partial charge in [0.25, 0.3) is 0 Å². The van der Waals surface area contributed by atoms with E-state index in [1.54, 1.807) is 5.56 Å². The maximum absolute atomic E-state index is 5.70. The van der Waals surface area contributed by atoms with Gasteiger partial charge in [0.05, 0.1) is 7.11 Å². The molecule has 2 nitrogen and oxygen atoms in total. The Bertz CT molecular complexity index is 694. The number of ether oxygens (including phenoxy) is 1. The Balaban J connectivity index is 1.60. The van der Waals surface area contributed by atoms with E-state index in [4.69, 9.17) is 4.74 Å². The minimum Gasteiger partial charge on any atom is -0.496 e. The smallest absolute Gasteiger partial charge is 0.125 e. The minimum absolute atomic E-state index is 0.678. The predicted molar refractivity (Wildman–Crippen MR) is 94.1 cm³/mol. The molecule has 1 unspecified atom stereocenters. The average molecular weight is 307 g/mol. The van der Waals surface area contributed by atoms with Gasteiger partial charge in [0, 0.05) is 18.5 Å². The summed E-state index contributed by atoms with van der Waals surface area (Å²) in [6.45, 7) is 4.45. The van der Waals surface area contributed by atoms with Crippen molar-refractivity contribution in [2.75, 3.05) is 13.7 Å². The van der Waals surface area contributed by atoms with Crippen molar-refractivity contribution >= 4 is 0 Å². The van der Waals surface area contributed by atoms with Crippen LogP contribution in [0.3, 0.4) is 0 Å². The molecule has 2 aromatic carbocycles. The van der Waals surface area contributed by atoms with Crippen LogP contribution >= 0.6 is 0 Å². The van der Waals surface area contributed by atoms with E-state index in [1.165, 1.54) is 36.1 Å². The van der Waals surface area contributed by atoms with Crippen LogP contribution in [0.15, 0.2) is 42.5 Å². The number of rotatable bonds is 3. The molecule has 120 valence electrons. The zero-order valence-electron chi connectivity index (χ0n) is 14.1. The second-order valence-corrected chi connectivity index (χ2v) is 6.94. The first-order valence-corrected chi connectivity index (χ1v) is 8.72. The molecule has 2 heteroatoms. The van der Waals surface area contributed by atoms with Crippen LogP contribution in [-0.2, 0) is 13.0 Å². The highest BCUT2D eigenvalue weighted by Gasteiger charge is 2.39. The van der Waals surface area contributed by atoms with E-state index in [9.17, 15) is 0 Å². The third kappa shape index (κ3) is 2.55. The molecule has 0 bridgehead atoms. The molecule has 0 aromatic heterocycles. The van der Waals surface area contributed by atoms with E-state index in [2.05, 4.69) is 54.3 Å². The van der Waals surface area contributed by atoms with Gasteiger partial charge >= 0.3 is 0 Å². The Morgan fingerprint density at radius 2 is 1.91 bits per heavy atom. The van der Waals surface area contributed by atoms with E-state index in [0.29, 0.717) is 12.0 Å². The van der Waals surface area contributed by atoms with Crippen molar-refractivity contribution in [3.8, 4) is 5.75 Å². The quantitative estimate of drug-likeness (QED) is 0.838. The van der Waals surface area contributed by atoms with Gasteiger partial charge in [-0.2, -0.15) is 0 Å². The summed E-state index contributed by atoms with van der Waals surface area (Å²) in [7, 11) is 1.81. The highest BCUT2D eigenvalue weighted by atomic mass is 16.5. The van der Waals surface area contributed by atoms with Gasteiger partial charge in [-0.05, 0) is 55.0 Å². The lowest BCUT2D eigenvalue weighted by atomic mass is 9.78. The zero-order valence-corrected chi connectivity index (χ0v) is 14.1. The monoisotopic (exact) mass is 307 g/mol. The van der Waals surface area contributed by atoms with Crippen molar-refractivity contribution in [1.82, 2.24) is 4.90 Å². The number of benzene rings is 2. The molecule has 2 atom stereocenters. The molecule has 1 heterocycles. The second-order valence-electron chi connectivity index (χ2n) is 6.94. The van der Waals surface area contributed by atoms with Crippen molar-refractivity contribution in [3.05, 3.63) is 64.7 Å². The number of fused-ring (bicyclic) bond motifs is 3. The van der Waals surface area contributed by atoms with Gasteiger partial charge in [-0.25, -0.2) is 0 Å². The molecule has 0 radical (unpaired) electrons. The van der Waals surface area contributed by atoms with E-state index >= 15 is 0 Å². The molecule has 0 saturated carbocycles. The van der Waals surface area contributed by atoms with Gasteiger partial charge in [-0.15, -0.1) is 0 Å². The molecule has 2 aliphatic rings. The third-order valence-corrected chi connectivity index (χ3v) is 5.68. The first-order valence-electron chi connectivity index (χ1n) is 8.72. The number of methoxy groups -OCH3 is 1. The maximum atomic E-state index is 5.70. The predicted octanol–water partition coefficient (Wildman–Crippen LogP) is 4.31. The van der Waals surface area contributed by atoms with Crippen molar-refractivity contribution in [1.29, 1.82) is 0 Å². The summed E-state index contributed by atoms with van der Waals surface area (Å²) in [5, 5.41) is 0. The molecule has 0 spiro atoms. The summed E-state index contributed by atoms with van der Waals surface area (Å²) in [5.74, 6) is 1.81. The maximum Gasteiger partial charge on any atom is 0.125 e. The topological polar surface area (TPSA) is 12.5 Å². The van der Waals surface area contributed by atoms with Crippen molar-refractivity contribution < 1.29 is 4.74 Å². The molecule has 1 aliphatic carbocycles. The van der Waals surface area contributed by atoms with Crippen LogP contribution in [-0.4, -0.2) is 24.6 Å². The van der Waals surface area contributed by atoms with Gasteiger partial charge < -0.3 is 4.74 Å². The van der Waals surface area contributed by atoms with E-state index < -0.39 is 0 Å². The summed E-state index contributed by atoms with van der Waals surface area (Å²) < 4.78 is 5.70. The van der Waals surface area contributed by atoms with Crippen LogP contribution < -0.4 is 4.74 Å². The van der Waals surface area contributed by atoms with E-state index in [0.717, 1.165) is 18.7 Å². The van der Waals surface area contributed by atoms with Gasteiger partial charge in [-0.3, -0.25) is 4.90 Å². The highest BCUT2D eigenvalue weighted by Crippen LogP contribution is 2.45. The van der Waals surface area contributed by atoms with Crippen molar-refractivity contribution in [3.63, 3.8) is 0 Å². The van der Waals surface area contributed by atoms with Gasteiger partial charge in [0.1, 0.15) is 5.75 Å². The van der Waals surface area contributed by atoms with Crippen LogP contribution in [0.2, 0.25) is 0 Å². The highest BCUT2D eigenvalue weighted by molar-refractivity contribution is 5.49. The molecular formula is C21H25NO. The lowest BCUT2D eigenvalue weighted by Crippen LogP contribution is -2.34. The number of hydrogen-bond donors (Lipinski definition) is 0. The standard InChI is InChI=1S/C21H25NO/c1-15-8-9-17-18-12-13-22(14-16-6-4-3-5-7-16)20(18)11-10-19(17)21(15)23-2/h3-9,18,20H,10-14H2,1-2H3/t18?,20-/m0/s1. The van der Waals surface area contributed by atoms with Gasteiger partial charge in [0.15, 0.2) is 0 Å². The van der Waals surface area contributed by atoms with Crippen LogP contribution in [0.4, 0.5) is 0 Å². The van der Waals surface area contributed by atoms with Crippen LogP contribution in [0.1, 0.15) is 41.0 Å². The molecule has 2 aromatic rings. The molecule has 23 heavy (non-hydrogen) atoms. The molecule has 0 N–H and O–H groups in total. The average Bonchev–Trinajstić information content (AvgIpc) is 2.99. The Morgan fingerprint density at radius 1 is 1.09 bits per heavy atom. The van der Waals surface area contributed by atoms with Gasteiger partial charge in [0.2, 0.25) is 0 Å². The number of aryl methyl sites for hydroxylation is 1. The first-order chi connectivity index (χ1) is 11.3. The molecule has 4 rings (SSSR count). The summed E-state index contributed by atoms with van der Waals surface area (Å²) in [6, 6.07) is 16.2. The summed E-state index contributed by atoms with van der Waals surface area (Å²) >= 11 is 0. The summed E-state index contributed by atoms with van der Waals surface area (Å²) in [6.07, 6.45) is 3.67. The Labute approximate surface area is 139 Å². The SMILES string of the molecule is COc1c(C)ccc2c1CC[C@H]1C2CCN1Cc1ccccc1. The fourth-order valence-electron chi connectivity index (χ4n) is 4.62. The second kappa shape index (κ2) is 6.01. The Kier molecular flexibility index (Phi) is 3.86. The van der Waals surface area contributed by atoms with Crippen molar-refractivity contribution in [2.45, 2.75) is 44.7 Å². The Morgan fingerprint density at radius 3 is 2.70 bits per heavy atom. The lowest BCUT2D eigenvalue weighted by molar-refractivity contribution is 0.218. The Hall–Kier alpha value is -1.80.